The zero-order chi connectivity index (χ0) is 15.7. The van der Waals surface area contributed by atoms with Crippen LogP contribution in [0.25, 0.3) is 0 Å². The average molecular weight is 319 g/mol. The zero-order valence-electron chi connectivity index (χ0n) is 12.1. The molecule has 4 N–H and O–H groups in total. The summed E-state index contributed by atoms with van der Waals surface area (Å²) in [7, 11) is 0. The summed E-state index contributed by atoms with van der Waals surface area (Å²) in [6.07, 6.45) is 1.18. The molecule has 1 aliphatic rings. The summed E-state index contributed by atoms with van der Waals surface area (Å²) in [4.78, 5) is 17.3. The molecule has 0 aromatic carbocycles. The van der Waals surface area contributed by atoms with Gasteiger partial charge < -0.3 is 16.2 Å². The lowest BCUT2D eigenvalue weighted by Gasteiger charge is -2.26. The van der Waals surface area contributed by atoms with Crippen molar-refractivity contribution in [1.82, 2.24) is 14.8 Å². The maximum Gasteiger partial charge on any atom is 0.248 e. The molecule has 1 amide bonds. The van der Waals surface area contributed by atoms with Crippen molar-refractivity contribution < 1.29 is 9.90 Å². The van der Waals surface area contributed by atoms with Crippen molar-refractivity contribution in [2.24, 2.45) is 5.73 Å². The molecule has 22 heavy (non-hydrogen) atoms. The lowest BCUT2D eigenvalue weighted by Crippen LogP contribution is -2.31. The predicted octanol–water partition coefficient (Wildman–Crippen LogP) is 1.04. The normalized spacial score (nSPS) is 17.3. The fourth-order valence-electron chi connectivity index (χ4n) is 2.57. The molecule has 2 aromatic heterocycles. The fourth-order valence-corrected chi connectivity index (χ4v) is 3.39. The van der Waals surface area contributed by atoms with Gasteiger partial charge >= 0.3 is 0 Å². The third kappa shape index (κ3) is 2.51. The fraction of sp³-hybridized carbons (Fsp3) is 0.357. The van der Waals surface area contributed by atoms with Crippen LogP contribution in [-0.2, 0) is 11.2 Å². The summed E-state index contributed by atoms with van der Waals surface area (Å²) >= 11 is 1.55. The Kier molecular flexibility index (Phi) is 3.95. The Morgan fingerprint density at radius 3 is 3.05 bits per heavy atom. The molecule has 3 rings (SSSR count). The topological polar surface area (TPSA) is 106 Å². The van der Waals surface area contributed by atoms with Crippen LogP contribution in [0.2, 0.25) is 0 Å². The molecule has 116 valence electrons. The molecule has 2 aromatic rings. The van der Waals surface area contributed by atoms with E-state index in [4.69, 9.17) is 10.8 Å². The molecule has 0 saturated carbocycles. The molecular weight excluding hydrogens is 302 g/mol. The van der Waals surface area contributed by atoms with Crippen LogP contribution in [0.4, 0.5) is 5.95 Å². The monoisotopic (exact) mass is 319 g/mol. The quantitative estimate of drug-likeness (QED) is 0.763. The molecular formula is C14H17N5O2S. The number of allylic oxidation sites excluding steroid dienone is 1. The van der Waals surface area contributed by atoms with Gasteiger partial charge in [0.15, 0.2) is 5.82 Å². The highest BCUT2D eigenvalue weighted by molar-refractivity contribution is 7.10. The van der Waals surface area contributed by atoms with Crippen molar-refractivity contribution in [2.45, 2.75) is 25.8 Å². The summed E-state index contributed by atoms with van der Waals surface area (Å²) in [6.45, 7) is 1.90. The van der Waals surface area contributed by atoms with Crippen LogP contribution in [0.5, 0.6) is 0 Å². The van der Waals surface area contributed by atoms with Gasteiger partial charge in [-0.15, -0.1) is 11.3 Å². The lowest BCUT2D eigenvalue weighted by atomic mass is 10.0. The first-order valence-electron chi connectivity index (χ1n) is 6.99. The summed E-state index contributed by atoms with van der Waals surface area (Å²) in [5.74, 6) is 0.756. The number of aliphatic hydroxyl groups excluding tert-OH is 1. The van der Waals surface area contributed by atoms with E-state index in [1.165, 1.54) is 0 Å². The third-order valence-electron chi connectivity index (χ3n) is 3.53. The number of nitrogens with two attached hydrogens (primary N) is 1. The highest BCUT2D eigenvalue weighted by Crippen LogP contribution is 2.36. The van der Waals surface area contributed by atoms with Crippen molar-refractivity contribution in [3.05, 3.63) is 39.5 Å². The number of aliphatic hydroxyl groups is 1. The van der Waals surface area contributed by atoms with E-state index >= 15 is 0 Å². The second-order valence-corrected chi connectivity index (χ2v) is 6.05. The first-order valence-corrected chi connectivity index (χ1v) is 7.87. The second-order valence-electron chi connectivity index (χ2n) is 5.07. The van der Waals surface area contributed by atoms with Crippen LogP contribution in [0.3, 0.4) is 0 Å². The number of aryl methyl sites for hydroxylation is 1. The minimum Gasteiger partial charge on any atom is -0.396 e. The number of primary amides is 1. The Labute approximate surface area is 131 Å². The van der Waals surface area contributed by atoms with E-state index in [-0.39, 0.29) is 12.6 Å². The van der Waals surface area contributed by atoms with Gasteiger partial charge in [0, 0.05) is 23.6 Å². The van der Waals surface area contributed by atoms with Gasteiger partial charge in [-0.25, -0.2) is 4.68 Å². The Hall–Kier alpha value is -2.19. The van der Waals surface area contributed by atoms with Crippen LogP contribution in [0, 0.1) is 0 Å². The lowest BCUT2D eigenvalue weighted by molar-refractivity contribution is -0.115. The van der Waals surface area contributed by atoms with Gasteiger partial charge in [0.2, 0.25) is 11.9 Å². The van der Waals surface area contributed by atoms with Crippen molar-refractivity contribution in [1.29, 1.82) is 0 Å². The molecule has 8 heteroatoms. The molecule has 0 spiro atoms. The summed E-state index contributed by atoms with van der Waals surface area (Å²) in [6, 6.07) is 3.53. The maximum absolute atomic E-state index is 11.9. The molecule has 0 bridgehead atoms. The van der Waals surface area contributed by atoms with E-state index in [0.29, 0.717) is 35.9 Å². The molecule has 1 aliphatic heterocycles. The summed E-state index contributed by atoms with van der Waals surface area (Å²) in [5, 5.41) is 18.5. The van der Waals surface area contributed by atoms with E-state index in [9.17, 15) is 4.79 Å². The van der Waals surface area contributed by atoms with Crippen LogP contribution >= 0.6 is 11.3 Å². The highest BCUT2D eigenvalue weighted by atomic mass is 32.1. The largest absolute Gasteiger partial charge is 0.396 e. The van der Waals surface area contributed by atoms with E-state index in [2.05, 4.69) is 15.4 Å². The molecule has 0 fully saturated rings. The number of fused-ring (bicyclic) bond motifs is 1. The van der Waals surface area contributed by atoms with Crippen LogP contribution < -0.4 is 11.1 Å². The summed E-state index contributed by atoms with van der Waals surface area (Å²) in [5.41, 5.74) is 6.76. The standard InChI is InChI=1S/C14H17N5O2S/c1-8-11(13(15)21)12(9-4-3-7-22-9)19-14(16-8)17-10(18-19)5-2-6-20/h3-4,7,12,20H,2,5-6H2,1H3,(H2,15,21)(H,16,17,18). The van der Waals surface area contributed by atoms with Crippen molar-refractivity contribution in [3.8, 4) is 0 Å². The number of nitrogens with zero attached hydrogens (tertiary/aromatic N) is 3. The van der Waals surface area contributed by atoms with Gasteiger partial charge in [0.25, 0.3) is 0 Å². The predicted molar refractivity (Wildman–Crippen MR) is 83.4 cm³/mol. The molecule has 1 unspecified atom stereocenters. The number of nitrogens with one attached hydrogen (secondary N) is 1. The van der Waals surface area contributed by atoms with E-state index in [1.54, 1.807) is 16.0 Å². The van der Waals surface area contributed by atoms with Crippen LogP contribution in [0.15, 0.2) is 28.8 Å². The van der Waals surface area contributed by atoms with Gasteiger partial charge in [-0.3, -0.25) is 4.79 Å². The number of hydrogen-bond donors (Lipinski definition) is 3. The van der Waals surface area contributed by atoms with Crippen molar-refractivity contribution >= 4 is 23.2 Å². The van der Waals surface area contributed by atoms with Gasteiger partial charge in [-0.2, -0.15) is 10.1 Å². The highest BCUT2D eigenvalue weighted by Gasteiger charge is 2.33. The molecule has 0 saturated heterocycles. The number of amides is 1. The maximum atomic E-state index is 11.9. The number of thiophene rings is 1. The second kappa shape index (κ2) is 5.90. The van der Waals surface area contributed by atoms with E-state index in [1.807, 2.05) is 24.4 Å². The van der Waals surface area contributed by atoms with Crippen LogP contribution in [0.1, 0.15) is 30.1 Å². The molecule has 1 atom stereocenters. The SMILES string of the molecule is CC1=C(C(N)=O)C(c2cccs2)n2nc(CCCO)nc2N1. The molecule has 0 aliphatic carbocycles. The molecule has 0 radical (unpaired) electrons. The number of carbonyl (C=O) groups is 1. The first-order chi connectivity index (χ1) is 10.6. The smallest absolute Gasteiger partial charge is 0.248 e. The number of anilines is 1. The Morgan fingerprint density at radius 2 is 2.41 bits per heavy atom. The van der Waals surface area contributed by atoms with Crippen LogP contribution in [-0.4, -0.2) is 32.4 Å². The van der Waals surface area contributed by atoms with Gasteiger partial charge in [0.1, 0.15) is 6.04 Å². The zero-order valence-corrected chi connectivity index (χ0v) is 12.9. The number of aromatic nitrogens is 3. The third-order valence-corrected chi connectivity index (χ3v) is 4.46. The van der Waals surface area contributed by atoms with Gasteiger partial charge in [-0.05, 0) is 24.8 Å². The van der Waals surface area contributed by atoms with Crippen molar-refractivity contribution in [3.63, 3.8) is 0 Å². The first kappa shape index (κ1) is 14.7. The van der Waals surface area contributed by atoms with Crippen molar-refractivity contribution in [2.75, 3.05) is 11.9 Å². The van der Waals surface area contributed by atoms with Gasteiger partial charge in [-0.1, -0.05) is 6.07 Å². The Bertz CT molecular complexity index is 720. The number of hydrogen-bond acceptors (Lipinski definition) is 6. The number of carbonyl (C=O) groups excluding carboxylic acids is 1. The van der Waals surface area contributed by atoms with Gasteiger partial charge in [0.05, 0.1) is 5.57 Å². The average Bonchev–Trinajstić information content (AvgIpc) is 3.12. The number of rotatable bonds is 5. The van der Waals surface area contributed by atoms with E-state index < -0.39 is 5.91 Å². The minimum atomic E-state index is -0.471. The molecule has 3 heterocycles. The summed E-state index contributed by atoms with van der Waals surface area (Å²) < 4.78 is 1.70. The Balaban J connectivity index is 2.07. The minimum absolute atomic E-state index is 0.0927. The molecule has 7 nitrogen and oxygen atoms in total. The van der Waals surface area contributed by atoms with E-state index in [0.717, 1.165) is 4.88 Å². The Morgan fingerprint density at radius 1 is 1.59 bits per heavy atom.